The lowest BCUT2D eigenvalue weighted by molar-refractivity contribution is -0.127. The topological polar surface area (TPSA) is 127 Å². The van der Waals surface area contributed by atoms with Crippen LogP contribution in [0.25, 0.3) is 0 Å². The van der Waals surface area contributed by atoms with Crippen molar-refractivity contribution in [3.63, 3.8) is 0 Å². The maximum absolute atomic E-state index is 11.7. The van der Waals surface area contributed by atoms with Gasteiger partial charge < -0.3 is 10.5 Å². The van der Waals surface area contributed by atoms with Crippen LogP contribution in [-0.2, 0) is 16.0 Å². The number of primary amides is 1. The predicted molar refractivity (Wildman–Crippen MR) is 65.2 cm³/mol. The van der Waals surface area contributed by atoms with Gasteiger partial charge in [-0.05, 0) is 19.4 Å². The van der Waals surface area contributed by atoms with Gasteiger partial charge >= 0.3 is 12.0 Å². The summed E-state index contributed by atoms with van der Waals surface area (Å²) in [7, 11) is 0. The highest BCUT2D eigenvalue weighted by atomic mass is 16.5. The number of H-pyrrole nitrogens is 1. The second kappa shape index (κ2) is 6.53. The molecule has 0 saturated carbocycles. The van der Waals surface area contributed by atoms with Gasteiger partial charge in [0.05, 0.1) is 0 Å². The molecule has 1 atom stereocenters. The summed E-state index contributed by atoms with van der Waals surface area (Å²) in [6, 6.07) is 0.558. The van der Waals surface area contributed by atoms with Gasteiger partial charge in [0.25, 0.3) is 5.91 Å². The van der Waals surface area contributed by atoms with E-state index in [2.05, 4.69) is 10.2 Å². The standard InChI is InChI=1S/C11H16N4O4/c1-3-4-7-5-8(15-14-7)10(17)19-6(2)9(16)13-11(12)18/h5-6H,3-4H2,1-2H3,(H,14,15)(H3,12,13,16,18)/t6-/m1/s1. The van der Waals surface area contributed by atoms with Crippen LogP contribution < -0.4 is 11.1 Å². The Labute approximate surface area is 109 Å². The number of imide groups is 1. The molecule has 0 saturated heterocycles. The summed E-state index contributed by atoms with van der Waals surface area (Å²) in [5.74, 6) is -1.53. The fourth-order valence-corrected chi connectivity index (χ4v) is 1.36. The molecule has 1 heterocycles. The van der Waals surface area contributed by atoms with Crippen LogP contribution in [0.3, 0.4) is 0 Å². The molecule has 0 aliphatic carbocycles. The van der Waals surface area contributed by atoms with Crippen molar-refractivity contribution in [1.82, 2.24) is 15.5 Å². The molecule has 0 aliphatic rings. The molecule has 0 aromatic carbocycles. The number of nitrogens with two attached hydrogens (primary N) is 1. The Balaban J connectivity index is 2.58. The molecule has 0 bridgehead atoms. The first-order chi connectivity index (χ1) is 8.93. The summed E-state index contributed by atoms with van der Waals surface area (Å²) in [6.07, 6.45) is 0.540. The van der Waals surface area contributed by atoms with Crippen molar-refractivity contribution in [1.29, 1.82) is 0 Å². The minimum Gasteiger partial charge on any atom is -0.448 e. The molecule has 1 rings (SSSR count). The zero-order valence-electron chi connectivity index (χ0n) is 10.7. The first-order valence-electron chi connectivity index (χ1n) is 5.79. The van der Waals surface area contributed by atoms with Crippen molar-refractivity contribution >= 4 is 17.9 Å². The lowest BCUT2D eigenvalue weighted by atomic mass is 10.2. The summed E-state index contributed by atoms with van der Waals surface area (Å²) >= 11 is 0. The Kier molecular flexibility index (Phi) is 5.04. The molecule has 104 valence electrons. The van der Waals surface area contributed by atoms with Crippen molar-refractivity contribution in [2.24, 2.45) is 5.73 Å². The number of ether oxygens (including phenoxy) is 1. The molecule has 0 radical (unpaired) electrons. The molecule has 0 fully saturated rings. The number of carbonyl (C=O) groups is 3. The van der Waals surface area contributed by atoms with E-state index in [9.17, 15) is 14.4 Å². The minimum atomic E-state index is -1.13. The molecule has 0 spiro atoms. The van der Waals surface area contributed by atoms with E-state index in [1.54, 1.807) is 6.07 Å². The molecule has 8 nitrogen and oxygen atoms in total. The summed E-state index contributed by atoms with van der Waals surface area (Å²) in [5, 5.41) is 8.30. The number of nitrogens with one attached hydrogen (secondary N) is 2. The van der Waals surface area contributed by atoms with Gasteiger partial charge in [-0.15, -0.1) is 0 Å². The Bertz CT molecular complexity index is 483. The number of hydrogen-bond acceptors (Lipinski definition) is 5. The number of rotatable bonds is 5. The smallest absolute Gasteiger partial charge is 0.359 e. The first-order valence-corrected chi connectivity index (χ1v) is 5.79. The molecule has 3 amide bonds. The van der Waals surface area contributed by atoms with Crippen LogP contribution in [0.2, 0.25) is 0 Å². The van der Waals surface area contributed by atoms with Crippen LogP contribution in [0.15, 0.2) is 6.07 Å². The molecular weight excluding hydrogens is 252 g/mol. The second-order valence-electron chi connectivity index (χ2n) is 3.93. The number of carbonyl (C=O) groups excluding carboxylic acids is 3. The number of esters is 1. The van der Waals surface area contributed by atoms with E-state index >= 15 is 0 Å². The van der Waals surface area contributed by atoms with Gasteiger partial charge in [-0.2, -0.15) is 5.10 Å². The lowest BCUT2D eigenvalue weighted by Gasteiger charge is -2.10. The quantitative estimate of drug-likeness (QED) is 0.653. The Morgan fingerprint density at radius 1 is 1.53 bits per heavy atom. The molecule has 4 N–H and O–H groups in total. The van der Waals surface area contributed by atoms with Crippen molar-refractivity contribution in [2.75, 3.05) is 0 Å². The van der Waals surface area contributed by atoms with E-state index in [-0.39, 0.29) is 5.69 Å². The summed E-state index contributed by atoms with van der Waals surface area (Å²) in [6.45, 7) is 3.32. The van der Waals surface area contributed by atoms with Crippen LogP contribution in [0.1, 0.15) is 36.5 Å². The van der Waals surface area contributed by atoms with Gasteiger partial charge in [-0.3, -0.25) is 15.2 Å². The molecule has 0 aliphatic heterocycles. The molecular formula is C11H16N4O4. The average Bonchev–Trinajstić information content (AvgIpc) is 2.77. The van der Waals surface area contributed by atoms with Gasteiger partial charge in [0.1, 0.15) is 0 Å². The second-order valence-corrected chi connectivity index (χ2v) is 3.93. The van der Waals surface area contributed by atoms with Gasteiger partial charge in [0.2, 0.25) is 0 Å². The first kappa shape index (κ1) is 14.7. The van der Waals surface area contributed by atoms with Crippen LogP contribution in [-0.4, -0.2) is 34.2 Å². The monoisotopic (exact) mass is 268 g/mol. The molecule has 1 aromatic rings. The van der Waals surface area contributed by atoms with Crippen molar-refractivity contribution in [2.45, 2.75) is 32.8 Å². The summed E-state index contributed by atoms with van der Waals surface area (Å²) in [5.41, 5.74) is 5.68. The largest absolute Gasteiger partial charge is 0.448 e. The molecule has 0 unspecified atom stereocenters. The minimum absolute atomic E-state index is 0.0853. The number of aryl methyl sites for hydroxylation is 1. The Morgan fingerprint density at radius 2 is 2.21 bits per heavy atom. The van der Waals surface area contributed by atoms with Crippen LogP contribution in [0.5, 0.6) is 0 Å². The van der Waals surface area contributed by atoms with Crippen LogP contribution in [0.4, 0.5) is 4.79 Å². The normalized spacial score (nSPS) is 11.7. The number of urea groups is 1. The molecule has 8 heteroatoms. The van der Waals surface area contributed by atoms with Gasteiger partial charge in [-0.25, -0.2) is 9.59 Å². The van der Waals surface area contributed by atoms with E-state index in [0.717, 1.165) is 18.5 Å². The molecule has 19 heavy (non-hydrogen) atoms. The van der Waals surface area contributed by atoms with Crippen molar-refractivity contribution in [3.8, 4) is 0 Å². The van der Waals surface area contributed by atoms with Crippen LogP contribution in [0, 0.1) is 0 Å². The third kappa shape index (κ3) is 4.41. The maximum atomic E-state index is 11.7. The van der Waals surface area contributed by atoms with Gasteiger partial charge in [0, 0.05) is 5.69 Å². The SMILES string of the molecule is CCCc1cc(C(=O)O[C@H](C)C(=O)NC(N)=O)n[nH]1. The number of aromatic nitrogens is 2. The summed E-state index contributed by atoms with van der Waals surface area (Å²) < 4.78 is 4.85. The summed E-state index contributed by atoms with van der Waals surface area (Å²) in [4.78, 5) is 33.5. The average molecular weight is 268 g/mol. The van der Waals surface area contributed by atoms with E-state index < -0.39 is 24.0 Å². The zero-order chi connectivity index (χ0) is 14.4. The maximum Gasteiger partial charge on any atom is 0.359 e. The molecule has 1 aromatic heterocycles. The highest BCUT2D eigenvalue weighted by Gasteiger charge is 2.21. The van der Waals surface area contributed by atoms with E-state index in [0.29, 0.717) is 0 Å². The fraction of sp³-hybridized carbons (Fsp3) is 0.455. The predicted octanol–water partition coefficient (Wildman–Crippen LogP) is 0.102. The van der Waals surface area contributed by atoms with Crippen molar-refractivity contribution < 1.29 is 19.1 Å². The Morgan fingerprint density at radius 3 is 2.79 bits per heavy atom. The highest BCUT2D eigenvalue weighted by Crippen LogP contribution is 2.05. The van der Waals surface area contributed by atoms with E-state index in [1.807, 2.05) is 12.2 Å². The van der Waals surface area contributed by atoms with Gasteiger partial charge in [-0.1, -0.05) is 13.3 Å². The number of nitrogens with zero attached hydrogens (tertiary/aromatic N) is 1. The Hall–Kier alpha value is -2.38. The lowest BCUT2D eigenvalue weighted by Crippen LogP contribution is -2.42. The highest BCUT2D eigenvalue weighted by molar-refractivity contribution is 5.97. The third-order valence-electron chi connectivity index (χ3n) is 2.26. The van der Waals surface area contributed by atoms with E-state index in [4.69, 9.17) is 10.5 Å². The zero-order valence-corrected chi connectivity index (χ0v) is 10.7. The van der Waals surface area contributed by atoms with Crippen molar-refractivity contribution in [3.05, 3.63) is 17.5 Å². The van der Waals surface area contributed by atoms with Gasteiger partial charge in [0.15, 0.2) is 11.8 Å². The number of hydrogen-bond donors (Lipinski definition) is 3. The van der Waals surface area contributed by atoms with Crippen LogP contribution >= 0.6 is 0 Å². The number of amides is 3. The van der Waals surface area contributed by atoms with E-state index in [1.165, 1.54) is 6.92 Å². The number of aromatic amines is 1. The third-order valence-corrected chi connectivity index (χ3v) is 2.26. The fourth-order valence-electron chi connectivity index (χ4n) is 1.36.